The second kappa shape index (κ2) is 8.07. The first-order valence-corrected chi connectivity index (χ1v) is 9.65. The van der Waals surface area contributed by atoms with Gasteiger partial charge in [-0.05, 0) is 23.8 Å². The molecule has 0 saturated carbocycles. The summed E-state index contributed by atoms with van der Waals surface area (Å²) in [5.74, 6) is 0.384. The van der Waals surface area contributed by atoms with Gasteiger partial charge < -0.3 is 10.6 Å². The lowest BCUT2D eigenvalue weighted by Gasteiger charge is -2.10. The van der Waals surface area contributed by atoms with Gasteiger partial charge in [0.15, 0.2) is 11.5 Å². The molecule has 152 valence electrons. The van der Waals surface area contributed by atoms with Crippen molar-refractivity contribution in [2.24, 2.45) is 0 Å². The molecule has 2 aromatic carbocycles. The first kappa shape index (κ1) is 18.5. The van der Waals surface area contributed by atoms with E-state index in [2.05, 4.69) is 35.9 Å². The van der Waals surface area contributed by atoms with Crippen molar-refractivity contribution in [1.29, 1.82) is 0 Å². The summed E-state index contributed by atoms with van der Waals surface area (Å²) in [6.07, 6.45) is 6.63. The molecular formula is C22H18N8O. The Labute approximate surface area is 177 Å². The predicted molar refractivity (Wildman–Crippen MR) is 116 cm³/mol. The van der Waals surface area contributed by atoms with Gasteiger partial charge in [0, 0.05) is 29.6 Å². The highest BCUT2D eigenvalue weighted by atomic mass is 16.1. The van der Waals surface area contributed by atoms with Crippen molar-refractivity contribution in [3.63, 3.8) is 0 Å². The Morgan fingerprint density at radius 2 is 1.94 bits per heavy atom. The van der Waals surface area contributed by atoms with E-state index in [1.54, 1.807) is 35.2 Å². The van der Waals surface area contributed by atoms with Gasteiger partial charge in [0.05, 0.1) is 18.1 Å². The number of carbonyl (C=O) groups is 1. The van der Waals surface area contributed by atoms with E-state index in [-0.39, 0.29) is 5.91 Å². The summed E-state index contributed by atoms with van der Waals surface area (Å²) in [6.45, 7) is 0.467. The van der Waals surface area contributed by atoms with Gasteiger partial charge in [-0.2, -0.15) is 10.2 Å². The van der Waals surface area contributed by atoms with Crippen LogP contribution in [0.3, 0.4) is 0 Å². The highest BCUT2D eigenvalue weighted by Gasteiger charge is 2.13. The van der Waals surface area contributed by atoms with Crippen molar-refractivity contribution in [3.05, 3.63) is 90.6 Å². The molecule has 0 unspecified atom stereocenters. The zero-order valence-corrected chi connectivity index (χ0v) is 16.4. The summed E-state index contributed by atoms with van der Waals surface area (Å²) in [5.41, 5.74) is 4.50. The third-order valence-electron chi connectivity index (χ3n) is 4.78. The number of H-pyrrole nitrogens is 1. The van der Waals surface area contributed by atoms with Crippen LogP contribution in [0.2, 0.25) is 0 Å². The molecule has 0 atom stereocenters. The van der Waals surface area contributed by atoms with Crippen molar-refractivity contribution in [3.8, 4) is 11.3 Å². The maximum absolute atomic E-state index is 12.6. The number of aromatic nitrogens is 6. The maximum Gasteiger partial charge on any atom is 0.251 e. The maximum atomic E-state index is 12.6. The summed E-state index contributed by atoms with van der Waals surface area (Å²) in [4.78, 5) is 21.4. The van der Waals surface area contributed by atoms with E-state index in [1.807, 2.05) is 42.5 Å². The Kier molecular flexibility index (Phi) is 4.82. The predicted octanol–water partition coefficient (Wildman–Crippen LogP) is 3.19. The van der Waals surface area contributed by atoms with E-state index in [9.17, 15) is 4.79 Å². The fourth-order valence-electron chi connectivity index (χ4n) is 3.25. The smallest absolute Gasteiger partial charge is 0.251 e. The van der Waals surface area contributed by atoms with Crippen LogP contribution in [-0.4, -0.2) is 35.7 Å². The van der Waals surface area contributed by atoms with E-state index >= 15 is 0 Å². The van der Waals surface area contributed by atoms with E-state index in [0.29, 0.717) is 23.6 Å². The lowest BCUT2D eigenvalue weighted by molar-refractivity contribution is 0.0951. The molecule has 5 aromatic rings. The molecule has 5 rings (SSSR count). The molecule has 0 radical (unpaired) electrons. The molecule has 9 nitrogen and oxygen atoms in total. The topological polar surface area (TPSA) is 113 Å². The van der Waals surface area contributed by atoms with Gasteiger partial charge >= 0.3 is 0 Å². The van der Waals surface area contributed by atoms with Gasteiger partial charge in [0.1, 0.15) is 6.33 Å². The zero-order valence-electron chi connectivity index (χ0n) is 16.4. The first-order valence-electron chi connectivity index (χ1n) is 9.65. The van der Waals surface area contributed by atoms with Crippen LogP contribution < -0.4 is 10.6 Å². The number of hydrogen-bond acceptors (Lipinski definition) is 6. The minimum atomic E-state index is -0.150. The summed E-state index contributed by atoms with van der Waals surface area (Å²) in [5, 5.41) is 17.2. The SMILES string of the molecule is O=C(NCc1ccccc1)c1cccc(Nc2ncc(-c3cn[nH]c3)n3ncnc23)c1. The van der Waals surface area contributed by atoms with Crippen LogP contribution in [0.25, 0.3) is 16.9 Å². The molecule has 0 bridgehead atoms. The molecule has 31 heavy (non-hydrogen) atoms. The minimum Gasteiger partial charge on any atom is -0.348 e. The number of anilines is 2. The van der Waals surface area contributed by atoms with Crippen LogP contribution in [0.1, 0.15) is 15.9 Å². The Balaban J connectivity index is 1.36. The van der Waals surface area contributed by atoms with Crippen molar-refractivity contribution in [2.75, 3.05) is 5.32 Å². The largest absolute Gasteiger partial charge is 0.348 e. The number of nitrogens with zero attached hydrogens (tertiary/aromatic N) is 5. The van der Waals surface area contributed by atoms with Crippen LogP contribution in [-0.2, 0) is 6.54 Å². The Morgan fingerprint density at radius 3 is 2.77 bits per heavy atom. The second-order valence-electron chi connectivity index (χ2n) is 6.85. The lowest BCUT2D eigenvalue weighted by atomic mass is 10.1. The number of fused-ring (bicyclic) bond motifs is 1. The monoisotopic (exact) mass is 410 g/mol. The molecule has 0 aliphatic heterocycles. The molecule has 0 saturated heterocycles. The molecule has 9 heteroatoms. The number of nitrogens with one attached hydrogen (secondary N) is 3. The van der Waals surface area contributed by atoms with Gasteiger partial charge in [-0.25, -0.2) is 14.5 Å². The summed E-state index contributed by atoms with van der Waals surface area (Å²) in [7, 11) is 0. The van der Waals surface area contributed by atoms with Gasteiger partial charge in [-0.1, -0.05) is 36.4 Å². The molecule has 3 N–H and O–H groups in total. The third-order valence-corrected chi connectivity index (χ3v) is 4.78. The molecule has 0 aliphatic rings. The van der Waals surface area contributed by atoms with Crippen molar-refractivity contribution in [1.82, 2.24) is 35.1 Å². The van der Waals surface area contributed by atoms with Crippen LogP contribution in [0.5, 0.6) is 0 Å². The number of rotatable bonds is 6. The summed E-state index contributed by atoms with van der Waals surface area (Å²) in [6, 6.07) is 17.0. The fourth-order valence-corrected chi connectivity index (χ4v) is 3.25. The average molecular weight is 410 g/mol. The van der Waals surface area contributed by atoms with E-state index in [4.69, 9.17) is 0 Å². The molecule has 1 amide bonds. The highest BCUT2D eigenvalue weighted by Crippen LogP contribution is 2.24. The summed E-state index contributed by atoms with van der Waals surface area (Å²) >= 11 is 0. The van der Waals surface area contributed by atoms with Crippen molar-refractivity contribution >= 4 is 23.1 Å². The standard InChI is InChI=1S/C22H18N8O/c31-22(24-10-15-5-2-1-3-6-15)16-7-4-8-18(9-16)29-20-21-25-14-28-30(21)19(13-23-20)17-11-26-27-12-17/h1-9,11-14H,10H2,(H,23,29)(H,24,31)(H,26,27). The molecule has 0 spiro atoms. The van der Waals surface area contributed by atoms with Crippen molar-refractivity contribution < 1.29 is 4.79 Å². The number of aromatic amines is 1. The van der Waals surface area contributed by atoms with Crippen LogP contribution in [0.15, 0.2) is 79.5 Å². The van der Waals surface area contributed by atoms with E-state index in [0.717, 1.165) is 22.5 Å². The Hall–Kier alpha value is -4.53. The van der Waals surface area contributed by atoms with Crippen LogP contribution in [0.4, 0.5) is 11.5 Å². The number of benzene rings is 2. The lowest BCUT2D eigenvalue weighted by Crippen LogP contribution is -2.22. The van der Waals surface area contributed by atoms with Crippen molar-refractivity contribution in [2.45, 2.75) is 6.54 Å². The number of carbonyl (C=O) groups excluding carboxylic acids is 1. The van der Waals surface area contributed by atoms with Gasteiger partial charge in [0.2, 0.25) is 0 Å². The highest BCUT2D eigenvalue weighted by molar-refractivity contribution is 5.95. The van der Waals surface area contributed by atoms with Gasteiger partial charge in [-0.15, -0.1) is 0 Å². The quantitative estimate of drug-likeness (QED) is 0.396. The van der Waals surface area contributed by atoms with Crippen LogP contribution >= 0.6 is 0 Å². The second-order valence-corrected chi connectivity index (χ2v) is 6.85. The molecule has 3 heterocycles. The van der Waals surface area contributed by atoms with Crippen LogP contribution in [0, 0.1) is 0 Å². The molecular weight excluding hydrogens is 392 g/mol. The minimum absolute atomic E-state index is 0.150. The number of amides is 1. The Morgan fingerprint density at radius 1 is 1.03 bits per heavy atom. The summed E-state index contributed by atoms with van der Waals surface area (Å²) < 4.78 is 1.69. The first-order chi connectivity index (χ1) is 15.3. The van der Waals surface area contributed by atoms with E-state index in [1.165, 1.54) is 6.33 Å². The van der Waals surface area contributed by atoms with Gasteiger partial charge in [0.25, 0.3) is 5.91 Å². The van der Waals surface area contributed by atoms with E-state index < -0.39 is 0 Å². The van der Waals surface area contributed by atoms with Gasteiger partial charge in [-0.3, -0.25) is 9.89 Å². The Bertz CT molecular complexity index is 1330. The molecule has 3 aromatic heterocycles. The zero-order chi connectivity index (χ0) is 21.0. The average Bonchev–Trinajstić information content (AvgIpc) is 3.51. The normalized spacial score (nSPS) is 10.8. The third kappa shape index (κ3) is 3.84. The number of hydrogen-bond donors (Lipinski definition) is 3. The fraction of sp³-hybridized carbons (Fsp3) is 0.0455. The molecule has 0 aliphatic carbocycles. The molecule has 0 fully saturated rings.